The van der Waals surface area contributed by atoms with Gasteiger partial charge in [0.2, 0.25) is 0 Å². The fourth-order valence-corrected chi connectivity index (χ4v) is 3.19. The Labute approximate surface area is 145 Å². The first-order chi connectivity index (χ1) is 12.2. The maximum Gasteiger partial charge on any atom is 0.147 e. The summed E-state index contributed by atoms with van der Waals surface area (Å²) in [6.07, 6.45) is 3.36. The average Bonchev–Trinajstić information content (AvgIpc) is 2.69. The highest BCUT2D eigenvalue weighted by Crippen LogP contribution is 2.40. The largest absolute Gasteiger partial charge is 0.505 e. The third-order valence-corrected chi connectivity index (χ3v) is 4.47. The van der Waals surface area contributed by atoms with E-state index in [9.17, 15) is 5.11 Å². The van der Waals surface area contributed by atoms with Crippen LogP contribution in [0.1, 0.15) is 16.8 Å². The first kappa shape index (κ1) is 15.3. The minimum Gasteiger partial charge on any atom is -0.505 e. The van der Waals surface area contributed by atoms with E-state index in [1.807, 2.05) is 72.8 Å². The SMILES string of the molecule is NC(c1ccccc1)(c1ccccn1)c1ccc2cccnc2c1O. The Hall–Kier alpha value is -3.24. The van der Waals surface area contributed by atoms with Crippen LogP contribution < -0.4 is 5.73 Å². The summed E-state index contributed by atoms with van der Waals surface area (Å²) in [6, 6.07) is 22.8. The van der Waals surface area contributed by atoms with Crippen molar-refractivity contribution in [2.45, 2.75) is 5.54 Å². The van der Waals surface area contributed by atoms with E-state index in [1.165, 1.54) is 0 Å². The summed E-state index contributed by atoms with van der Waals surface area (Å²) in [6.45, 7) is 0. The quantitative estimate of drug-likeness (QED) is 0.603. The zero-order valence-corrected chi connectivity index (χ0v) is 13.5. The molecule has 2 aromatic carbocycles. The minimum absolute atomic E-state index is 0.0788. The van der Waals surface area contributed by atoms with Gasteiger partial charge in [-0.2, -0.15) is 0 Å². The van der Waals surface area contributed by atoms with E-state index in [2.05, 4.69) is 9.97 Å². The number of rotatable bonds is 3. The van der Waals surface area contributed by atoms with Crippen LogP contribution in [0.4, 0.5) is 0 Å². The van der Waals surface area contributed by atoms with Crippen molar-refractivity contribution in [3.63, 3.8) is 0 Å². The lowest BCUT2D eigenvalue weighted by atomic mass is 9.79. The Bertz CT molecular complexity index is 977. The second kappa shape index (κ2) is 6.00. The van der Waals surface area contributed by atoms with Gasteiger partial charge in [0.05, 0.1) is 5.69 Å². The van der Waals surface area contributed by atoms with Crippen molar-refractivity contribution >= 4 is 10.9 Å². The van der Waals surface area contributed by atoms with Crippen molar-refractivity contribution in [2.75, 3.05) is 0 Å². The number of nitrogens with two attached hydrogens (primary N) is 1. The van der Waals surface area contributed by atoms with Crippen LogP contribution in [0.5, 0.6) is 5.75 Å². The van der Waals surface area contributed by atoms with E-state index in [1.54, 1.807) is 12.4 Å². The standard InChI is InChI=1S/C21H17N3O/c22-21(16-8-2-1-3-9-16,18-10-4-5-13-23-18)17-12-11-15-7-6-14-24-19(15)20(17)25/h1-14,25H,22H2. The predicted octanol–water partition coefficient (Wildman–Crippen LogP) is 3.59. The summed E-state index contributed by atoms with van der Waals surface area (Å²) in [5, 5.41) is 11.8. The highest BCUT2D eigenvalue weighted by atomic mass is 16.3. The van der Waals surface area contributed by atoms with Crippen molar-refractivity contribution in [1.82, 2.24) is 9.97 Å². The number of benzene rings is 2. The van der Waals surface area contributed by atoms with Crippen molar-refractivity contribution in [2.24, 2.45) is 5.73 Å². The molecule has 4 nitrogen and oxygen atoms in total. The fourth-order valence-electron chi connectivity index (χ4n) is 3.19. The van der Waals surface area contributed by atoms with E-state index in [-0.39, 0.29) is 5.75 Å². The smallest absolute Gasteiger partial charge is 0.147 e. The summed E-state index contributed by atoms with van der Waals surface area (Å²) in [7, 11) is 0. The molecule has 1 atom stereocenters. The van der Waals surface area contributed by atoms with E-state index in [0.717, 1.165) is 10.9 Å². The molecule has 0 saturated carbocycles. The first-order valence-corrected chi connectivity index (χ1v) is 8.04. The van der Waals surface area contributed by atoms with Gasteiger partial charge in [0.1, 0.15) is 16.8 Å². The van der Waals surface area contributed by atoms with Gasteiger partial charge in [-0.15, -0.1) is 0 Å². The molecule has 0 spiro atoms. The second-order valence-electron chi connectivity index (χ2n) is 5.93. The minimum atomic E-state index is -1.09. The summed E-state index contributed by atoms with van der Waals surface area (Å²) in [4.78, 5) is 8.78. The lowest BCUT2D eigenvalue weighted by Gasteiger charge is -2.31. The van der Waals surface area contributed by atoms with Crippen molar-refractivity contribution in [3.8, 4) is 5.75 Å². The molecule has 0 fully saturated rings. The van der Waals surface area contributed by atoms with Gasteiger partial charge in [-0.25, -0.2) is 0 Å². The van der Waals surface area contributed by atoms with Crippen LogP contribution in [-0.2, 0) is 5.54 Å². The normalized spacial score (nSPS) is 13.5. The van der Waals surface area contributed by atoms with Gasteiger partial charge in [0.25, 0.3) is 0 Å². The lowest BCUT2D eigenvalue weighted by Crippen LogP contribution is -2.40. The topological polar surface area (TPSA) is 72.0 Å². The zero-order chi connectivity index (χ0) is 17.3. The number of hydrogen-bond donors (Lipinski definition) is 2. The first-order valence-electron chi connectivity index (χ1n) is 8.04. The van der Waals surface area contributed by atoms with Crippen molar-refractivity contribution < 1.29 is 5.11 Å². The van der Waals surface area contributed by atoms with E-state index in [0.29, 0.717) is 16.8 Å². The summed E-state index contributed by atoms with van der Waals surface area (Å²) in [5.74, 6) is 0.0788. The number of aromatic nitrogens is 2. The van der Waals surface area contributed by atoms with Crippen LogP contribution in [0.2, 0.25) is 0 Å². The Morgan fingerprint density at radius 1 is 0.760 bits per heavy atom. The van der Waals surface area contributed by atoms with Crippen molar-refractivity contribution in [1.29, 1.82) is 0 Å². The summed E-state index contributed by atoms with van der Waals surface area (Å²) in [5.41, 5.74) is 8.43. The molecule has 1 unspecified atom stereocenters. The molecule has 2 heterocycles. The third kappa shape index (κ3) is 2.44. The van der Waals surface area contributed by atoms with Crippen LogP contribution in [0.15, 0.2) is 85.2 Å². The monoisotopic (exact) mass is 327 g/mol. The molecular formula is C21H17N3O. The number of pyridine rings is 2. The van der Waals surface area contributed by atoms with Gasteiger partial charge in [-0.05, 0) is 23.8 Å². The molecule has 3 N–H and O–H groups in total. The summed E-state index contributed by atoms with van der Waals surface area (Å²) >= 11 is 0. The molecule has 4 aromatic rings. The molecule has 0 bridgehead atoms. The lowest BCUT2D eigenvalue weighted by molar-refractivity contribution is 0.458. The fraction of sp³-hybridized carbons (Fsp3) is 0.0476. The number of aromatic hydroxyl groups is 1. The second-order valence-corrected chi connectivity index (χ2v) is 5.93. The Morgan fingerprint density at radius 2 is 1.52 bits per heavy atom. The van der Waals surface area contributed by atoms with E-state index in [4.69, 9.17) is 5.73 Å². The summed E-state index contributed by atoms with van der Waals surface area (Å²) < 4.78 is 0. The maximum absolute atomic E-state index is 10.9. The van der Waals surface area contributed by atoms with Gasteiger partial charge in [0.15, 0.2) is 0 Å². The highest BCUT2D eigenvalue weighted by Gasteiger charge is 2.36. The number of phenols is 1. The Balaban J connectivity index is 2.04. The van der Waals surface area contributed by atoms with Crippen LogP contribution in [0, 0.1) is 0 Å². The molecule has 0 aliphatic heterocycles. The molecule has 4 rings (SSSR count). The average molecular weight is 327 g/mol. The molecule has 0 amide bonds. The molecule has 0 aliphatic carbocycles. The molecule has 0 aliphatic rings. The van der Waals surface area contributed by atoms with Gasteiger partial charge >= 0.3 is 0 Å². The van der Waals surface area contributed by atoms with Gasteiger partial charge in [-0.3, -0.25) is 9.97 Å². The van der Waals surface area contributed by atoms with E-state index >= 15 is 0 Å². The van der Waals surface area contributed by atoms with Gasteiger partial charge in [0, 0.05) is 23.3 Å². The predicted molar refractivity (Wildman–Crippen MR) is 98.2 cm³/mol. The Kier molecular flexibility index (Phi) is 3.67. The number of nitrogens with zero attached hydrogens (tertiary/aromatic N) is 2. The van der Waals surface area contributed by atoms with Gasteiger partial charge < -0.3 is 10.8 Å². The maximum atomic E-state index is 10.9. The molecular weight excluding hydrogens is 310 g/mol. The molecule has 122 valence electrons. The van der Waals surface area contributed by atoms with Crippen molar-refractivity contribution in [3.05, 3.63) is 102 Å². The highest BCUT2D eigenvalue weighted by molar-refractivity contribution is 5.86. The van der Waals surface area contributed by atoms with Crippen LogP contribution >= 0.6 is 0 Å². The van der Waals surface area contributed by atoms with Gasteiger partial charge in [-0.1, -0.05) is 54.6 Å². The van der Waals surface area contributed by atoms with E-state index < -0.39 is 5.54 Å². The van der Waals surface area contributed by atoms with Crippen LogP contribution in [0.3, 0.4) is 0 Å². The molecule has 0 saturated heterocycles. The van der Waals surface area contributed by atoms with Crippen LogP contribution in [0.25, 0.3) is 10.9 Å². The zero-order valence-electron chi connectivity index (χ0n) is 13.5. The number of hydrogen-bond acceptors (Lipinski definition) is 4. The molecule has 0 radical (unpaired) electrons. The third-order valence-electron chi connectivity index (χ3n) is 4.47. The number of phenolic OH excluding ortho intramolecular Hbond substituents is 1. The molecule has 4 heteroatoms. The number of fused-ring (bicyclic) bond motifs is 1. The Morgan fingerprint density at radius 3 is 2.28 bits per heavy atom. The molecule has 2 aromatic heterocycles. The van der Waals surface area contributed by atoms with Crippen LogP contribution in [-0.4, -0.2) is 15.1 Å². The molecule has 25 heavy (non-hydrogen) atoms.